The molecular weight excluding hydrogens is 324 g/mol. The smallest absolute Gasteiger partial charge is 0.257 e. The van der Waals surface area contributed by atoms with Crippen molar-refractivity contribution in [2.24, 2.45) is 23.2 Å². The van der Waals surface area contributed by atoms with Crippen LogP contribution in [0, 0.1) is 30.1 Å². The van der Waals surface area contributed by atoms with Gasteiger partial charge in [0.25, 0.3) is 10.0 Å². The Morgan fingerprint density at radius 2 is 1.50 bits per heavy atom. The van der Waals surface area contributed by atoms with Gasteiger partial charge in [-0.3, -0.25) is 10.2 Å². The van der Waals surface area contributed by atoms with Crippen molar-refractivity contribution in [2.45, 2.75) is 50.3 Å². The number of nitrogens with one attached hydrogen (secondary N) is 2. The molecule has 0 saturated heterocycles. The van der Waals surface area contributed by atoms with Crippen molar-refractivity contribution in [2.75, 3.05) is 0 Å². The van der Waals surface area contributed by atoms with Crippen molar-refractivity contribution in [1.82, 2.24) is 10.3 Å². The highest BCUT2D eigenvalue weighted by Crippen LogP contribution is 2.60. The standard InChI is InChI=1S/C18H24N2O3S/c1-12-2-4-16(5-3-12)24(22,23)20-19-17(21)18-9-13-6-14(10-18)8-15(7-13)11-18/h2-5,13-15,20H,6-11H2,1H3,(H,19,21). The molecule has 4 saturated carbocycles. The quantitative estimate of drug-likeness (QED) is 0.821. The lowest BCUT2D eigenvalue weighted by Gasteiger charge is -2.55. The third-order valence-electron chi connectivity index (χ3n) is 6.15. The Kier molecular flexibility index (Phi) is 3.73. The number of hydrazine groups is 1. The van der Waals surface area contributed by atoms with Crippen molar-refractivity contribution in [3.63, 3.8) is 0 Å². The Balaban J connectivity index is 1.46. The van der Waals surface area contributed by atoms with Gasteiger partial charge in [-0.25, -0.2) is 8.42 Å². The molecule has 4 fully saturated rings. The van der Waals surface area contributed by atoms with E-state index in [4.69, 9.17) is 0 Å². The van der Waals surface area contributed by atoms with Crippen LogP contribution in [0.2, 0.25) is 0 Å². The summed E-state index contributed by atoms with van der Waals surface area (Å²) < 4.78 is 24.7. The first-order chi connectivity index (χ1) is 11.4. The lowest BCUT2D eigenvalue weighted by molar-refractivity contribution is -0.146. The maximum Gasteiger partial charge on any atom is 0.257 e. The molecule has 2 N–H and O–H groups in total. The molecule has 0 heterocycles. The van der Waals surface area contributed by atoms with Gasteiger partial charge in [-0.1, -0.05) is 17.7 Å². The van der Waals surface area contributed by atoms with E-state index in [1.807, 2.05) is 6.92 Å². The third kappa shape index (κ3) is 2.75. The number of aryl methyl sites for hydroxylation is 1. The van der Waals surface area contributed by atoms with E-state index in [1.165, 1.54) is 19.3 Å². The fraction of sp³-hybridized carbons (Fsp3) is 0.611. The zero-order valence-corrected chi connectivity index (χ0v) is 14.7. The number of carbonyl (C=O) groups is 1. The van der Waals surface area contributed by atoms with Crippen molar-refractivity contribution < 1.29 is 13.2 Å². The van der Waals surface area contributed by atoms with Gasteiger partial charge < -0.3 is 0 Å². The van der Waals surface area contributed by atoms with Crippen LogP contribution in [0.5, 0.6) is 0 Å². The molecule has 6 heteroatoms. The molecule has 0 atom stereocenters. The van der Waals surface area contributed by atoms with Crippen LogP contribution >= 0.6 is 0 Å². The normalized spacial score (nSPS) is 34.3. The summed E-state index contributed by atoms with van der Waals surface area (Å²) in [4.78, 5) is 15.2. The molecule has 4 bridgehead atoms. The fourth-order valence-corrected chi connectivity index (χ4v) is 6.25. The second-order valence-electron chi connectivity index (χ2n) is 8.07. The molecular formula is C18H24N2O3S. The van der Waals surface area contributed by atoms with Crippen LogP contribution < -0.4 is 10.3 Å². The topological polar surface area (TPSA) is 75.3 Å². The van der Waals surface area contributed by atoms with Gasteiger partial charge >= 0.3 is 0 Å². The number of hydrogen-bond acceptors (Lipinski definition) is 3. The van der Waals surface area contributed by atoms with Gasteiger partial charge in [0.15, 0.2) is 0 Å². The summed E-state index contributed by atoms with van der Waals surface area (Å²) >= 11 is 0. The third-order valence-corrected chi connectivity index (χ3v) is 7.41. The molecule has 1 aromatic rings. The molecule has 0 radical (unpaired) electrons. The van der Waals surface area contributed by atoms with Crippen molar-refractivity contribution >= 4 is 15.9 Å². The van der Waals surface area contributed by atoms with Crippen molar-refractivity contribution in [3.05, 3.63) is 29.8 Å². The number of rotatable bonds is 4. The molecule has 0 aliphatic heterocycles. The summed E-state index contributed by atoms with van der Waals surface area (Å²) in [6, 6.07) is 6.59. The first-order valence-electron chi connectivity index (χ1n) is 8.75. The van der Waals surface area contributed by atoms with Gasteiger partial charge in [-0.15, -0.1) is 4.83 Å². The summed E-state index contributed by atoms with van der Waals surface area (Å²) in [5, 5.41) is 0. The van der Waals surface area contributed by atoms with Gasteiger partial charge in [-0.05, 0) is 75.3 Å². The minimum absolute atomic E-state index is 0.141. The summed E-state index contributed by atoms with van der Waals surface area (Å²) in [5.74, 6) is 1.81. The Morgan fingerprint density at radius 3 is 2.00 bits per heavy atom. The fourth-order valence-electron chi connectivity index (χ4n) is 5.41. The zero-order chi connectivity index (χ0) is 16.9. The number of amides is 1. The Morgan fingerprint density at radius 1 is 1.00 bits per heavy atom. The maximum atomic E-state index is 12.8. The summed E-state index contributed by atoms with van der Waals surface area (Å²) in [5.41, 5.74) is 3.15. The van der Waals surface area contributed by atoms with Crippen LogP contribution in [0.4, 0.5) is 0 Å². The summed E-state index contributed by atoms with van der Waals surface area (Å²) in [6.45, 7) is 1.90. The molecule has 4 aliphatic rings. The molecule has 4 aliphatic carbocycles. The molecule has 130 valence electrons. The first-order valence-corrected chi connectivity index (χ1v) is 10.2. The van der Waals surface area contributed by atoms with Crippen LogP contribution in [0.15, 0.2) is 29.2 Å². The van der Waals surface area contributed by atoms with Gasteiger partial charge in [0.2, 0.25) is 5.91 Å². The van der Waals surface area contributed by atoms with Crippen molar-refractivity contribution in [3.8, 4) is 0 Å². The van der Waals surface area contributed by atoms with Gasteiger partial charge in [0.05, 0.1) is 10.3 Å². The highest BCUT2D eigenvalue weighted by Gasteiger charge is 2.54. The monoisotopic (exact) mass is 348 g/mol. The molecule has 5 rings (SSSR count). The lowest BCUT2D eigenvalue weighted by atomic mass is 9.49. The van der Waals surface area contributed by atoms with Crippen LogP contribution in [0.1, 0.15) is 44.1 Å². The second kappa shape index (κ2) is 5.56. The van der Waals surface area contributed by atoms with E-state index >= 15 is 0 Å². The molecule has 5 nitrogen and oxygen atoms in total. The number of carbonyl (C=O) groups excluding carboxylic acids is 1. The van der Waals surface area contributed by atoms with Gasteiger partial charge in [-0.2, -0.15) is 0 Å². The van der Waals surface area contributed by atoms with E-state index in [-0.39, 0.29) is 16.2 Å². The number of sulfonamides is 1. The SMILES string of the molecule is Cc1ccc(S(=O)(=O)NNC(=O)C23CC4CC(CC(C4)C2)C3)cc1. The van der Waals surface area contributed by atoms with E-state index in [1.54, 1.807) is 24.3 Å². The summed E-state index contributed by atoms with van der Waals surface area (Å²) in [6.07, 6.45) is 6.50. The lowest BCUT2D eigenvalue weighted by Crippen LogP contribution is -2.56. The second-order valence-corrected chi connectivity index (χ2v) is 9.75. The first kappa shape index (κ1) is 16.1. The van der Waals surface area contributed by atoms with Crippen LogP contribution in [-0.2, 0) is 14.8 Å². The van der Waals surface area contributed by atoms with E-state index < -0.39 is 10.0 Å². The molecule has 0 aromatic heterocycles. The molecule has 1 aromatic carbocycles. The molecule has 1 amide bonds. The van der Waals surface area contributed by atoms with E-state index in [2.05, 4.69) is 10.3 Å². The molecule has 0 unspecified atom stereocenters. The van der Waals surface area contributed by atoms with Crippen LogP contribution in [0.3, 0.4) is 0 Å². The van der Waals surface area contributed by atoms with E-state index in [0.29, 0.717) is 17.8 Å². The predicted octanol–water partition coefficient (Wildman–Crippen LogP) is 2.52. The number of hydrogen-bond donors (Lipinski definition) is 2. The van der Waals surface area contributed by atoms with Crippen LogP contribution in [0.25, 0.3) is 0 Å². The van der Waals surface area contributed by atoms with Crippen LogP contribution in [-0.4, -0.2) is 14.3 Å². The van der Waals surface area contributed by atoms with Crippen molar-refractivity contribution in [1.29, 1.82) is 0 Å². The van der Waals surface area contributed by atoms with Gasteiger partial charge in [0.1, 0.15) is 0 Å². The average Bonchev–Trinajstić information content (AvgIpc) is 2.52. The van der Waals surface area contributed by atoms with E-state index in [0.717, 1.165) is 24.8 Å². The Bertz CT molecular complexity index is 720. The minimum atomic E-state index is -3.73. The predicted molar refractivity (Wildman–Crippen MR) is 90.2 cm³/mol. The maximum absolute atomic E-state index is 12.8. The molecule has 0 spiro atoms. The van der Waals surface area contributed by atoms with E-state index in [9.17, 15) is 13.2 Å². The average molecular weight is 348 g/mol. The highest BCUT2D eigenvalue weighted by molar-refractivity contribution is 7.89. The summed E-state index contributed by atoms with van der Waals surface area (Å²) in [7, 11) is -3.73. The Labute approximate surface area is 143 Å². The zero-order valence-electron chi connectivity index (χ0n) is 13.9. The highest BCUT2D eigenvalue weighted by atomic mass is 32.2. The number of benzene rings is 1. The minimum Gasteiger partial charge on any atom is -0.277 e. The largest absolute Gasteiger partial charge is 0.277 e. The molecule has 24 heavy (non-hydrogen) atoms. The van der Waals surface area contributed by atoms with Gasteiger partial charge in [0, 0.05) is 0 Å². The Hall–Kier alpha value is -1.40.